The van der Waals surface area contributed by atoms with E-state index in [1.807, 2.05) is 102 Å². The summed E-state index contributed by atoms with van der Waals surface area (Å²) in [4.78, 5) is 9.47. The lowest BCUT2D eigenvalue weighted by Gasteiger charge is -2.09. The summed E-state index contributed by atoms with van der Waals surface area (Å²) in [5, 5.41) is 17.0. The maximum Gasteiger partial charge on any atom is 0.203 e. The van der Waals surface area contributed by atoms with E-state index in [0.29, 0.717) is 10.6 Å². The summed E-state index contributed by atoms with van der Waals surface area (Å²) in [5.74, 6) is 0.221. The highest BCUT2D eigenvalue weighted by Crippen LogP contribution is 2.25. The molecular formula is C27H24N6OS. The average Bonchev–Trinajstić information content (AvgIpc) is 3.46. The summed E-state index contributed by atoms with van der Waals surface area (Å²) in [6.45, 7) is 2.01. The van der Waals surface area contributed by atoms with E-state index in [9.17, 15) is 5.11 Å². The molecule has 0 bridgehead atoms. The number of hydrogen-bond donors (Lipinski definition) is 2. The first-order valence-corrected chi connectivity index (χ1v) is 12.0. The molecule has 3 aromatic carbocycles. The lowest BCUT2D eigenvalue weighted by atomic mass is 10.2. The van der Waals surface area contributed by atoms with E-state index < -0.39 is 0 Å². The van der Waals surface area contributed by atoms with Crippen LogP contribution in [0.2, 0.25) is 0 Å². The number of aromatic hydroxyl groups is 1. The molecule has 0 aliphatic rings. The Kier molecular flexibility index (Phi) is 6.28. The summed E-state index contributed by atoms with van der Waals surface area (Å²) in [5.41, 5.74) is 9.29. The third kappa shape index (κ3) is 4.78. The van der Waals surface area contributed by atoms with E-state index in [1.54, 1.807) is 18.3 Å². The van der Waals surface area contributed by atoms with Gasteiger partial charge in [-0.3, -0.25) is 15.1 Å². The van der Waals surface area contributed by atoms with Gasteiger partial charge in [-0.15, -0.1) is 11.3 Å². The van der Waals surface area contributed by atoms with Crippen LogP contribution in [-0.4, -0.2) is 25.7 Å². The molecule has 0 spiro atoms. The summed E-state index contributed by atoms with van der Waals surface area (Å²) < 4.78 is 4.04. The number of aliphatic imine (C=N–C) groups is 1. The molecule has 0 radical (unpaired) electrons. The van der Waals surface area contributed by atoms with Crippen LogP contribution in [0.1, 0.15) is 11.3 Å². The molecular weight excluding hydrogens is 456 g/mol. The second-order valence-corrected chi connectivity index (χ2v) is 8.76. The van der Waals surface area contributed by atoms with E-state index in [-0.39, 0.29) is 5.75 Å². The molecule has 0 unspecified atom stereocenters. The number of nitrogens with zero attached hydrogens (tertiary/aromatic N) is 5. The minimum atomic E-state index is 0.221. The van der Waals surface area contributed by atoms with Crippen LogP contribution in [0, 0.1) is 6.92 Å². The summed E-state index contributed by atoms with van der Waals surface area (Å²) in [7, 11) is 1.98. The molecule has 0 atom stereocenters. The van der Waals surface area contributed by atoms with Crippen molar-refractivity contribution in [3.05, 3.63) is 107 Å². The monoisotopic (exact) mass is 480 g/mol. The van der Waals surface area contributed by atoms with E-state index in [1.165, 1.54) is 11.3 Å². The Labute approximate surface area is 207 Å². The van der Waals surface area contributed by atoms with Crippen molar-refractivity contribution in [2.75, 3.05) is 5.43 Å². The summed E-state index contributed by atoms with van der Waals surface area (Å²) in [6, 6.07) is 27.0. The molecule has 7 nitrogen and oxygen atoms in total. The molecule has 5 aromatic rings. The van der Waals surface area contributed by atoms with Crippen molar-refractivity contribution < 1.29 is 5.11 Å². The van der Waals surface area contributed by atoms with Gasteiger partial charge in [-0.25, -0.2) is 9.67 Å². The number of aromatic nitrogens is 3. The van der Waals surface area contributed by atoms with Crippen LogP contribution in [0.5, 0.6) is 5.75 Å². The molecule has 0 amide bonds. The van der Waals surface area contributed by atoms with Gasteiger partial charge in [-0.1, -0.05) is 48.5 Å². The molecule has 2 aromatic heterocycles. The Balaban J connectivity index is 1.57. The van der Waals surface area contributed by atoms with Crippen LogP contribution in [-0.2, 0) is 7.05 Å². The van der Waals surface area contributed by atoms with Crippen LogP contribution in [0.3, 0.4) is 0 Å². The highest BCUT2D eigenvalue weighted by atomic mass is 32.1. The zero-order valence-electron chi connectivity index (χ0n) is 19.3. The van der Waals surface area contributed by atoms with Gasteiger partial charge in [0.25, 0.3) is 0 Å². The van der Waals surface area contributed by atoms with Gasteiger partial charge in [0.05, 0.1) is 17.1 Å². The third-order valence-corrected chi connectivity index (χ3v) is 6.36. The van der Waals surface area contributed by atoms with Gasteiger partial charge in [-0.05, 0) is 48.9 Å². The second kappa shape index (κ2) is 9.82. The number of hydrogen-bond acceptors (Lipinski definition) is 6. The topological polar surface area (TPSA) is 79.7 Å². The van der Waals surface area contributed by atoms with E-state index in [4.69, 9.17) is 15.1 Å². The van der Waals surface area contributed by atoms with Gasteiger partial charge in [-0.2, -0.15) is 5.10 Å². The van der Waals surface area contributed by atoms with Crippen LogP contribution >= 0.6 is 11.3 Å². The number of thiazole rings is 1. The quantitative estimate of drug-likeness (QED) is 0.244. The Morgan fingerprint density at radius 1 is 0.943 bits per heavy atom. The highest BCUT2D eigenvalue weighted by molar-refractivity contribution is 7.14. The number of nitrogens with one attached hydrogen (secondary N) is 1. The van der Waals surface area contributed by atoms with Gasteiger partial charge in [0.15, 0.2) is 5.49 Å². The number of para-hydroxylation sites is 1. The van der Waals surface area contributed by atoms with Crippen LogP contribution < -0.4 is 10.9 Å². The lowest BCUT2D eigenvalue weighted by Crippen LogP contribution is -2.22. The zero-order chi connectivity index (χ0) is 24.2. The highest BCUT2D eigenvalue weighted by Gasteiger charge is 2.14. The van der Waals surface area contributed by atoms with Gasteiger partial charge in [0.2, 0.25) is 5.13 Å². The molecule has 0 aliphatic heterocycles. The van der Waals surface area contributed by atoms with Crippen molar-refractivity contribution in [1.29, 1.82) is 0 Å². The van der Waals surface area contributed by atoms with Crippen molar-refractivity contribution in [2.24, 2.45) is 17.1 Å². The first kappa shape index (κ1) is 22.4. The number of phenols is 1. The van der Waals surface area contributed by atoms with Crippen molar-refractivity contribution in [3.63, 3.8) is 0 Å². The maximum absolute atomic E-state index is 9.57. The largest absolute Gasteiger partial charge is 0.508 e. The van der Waals surface area contributed by atoms with Gasteiger partial charge >= 0.3 is 0 Å². The molecule has 0 fully saturated rings. The second-order valence-electron chi connectivity index (χ2n) is 7.91. The fraction of sp³-hybridized carbons (Fsp3) is 0.0741. The van der Waals surface area contributed by atoms with E-state index in [0.717, 1.165) is 33.9 Å². The third-order valence-electron chi connectivity index (χ3n) is 5.61. The molecule has 35 heavy (non-hydrogen) atoms. The fourth-order valence-electron chi connectivity index (χ4n) is 3.69. The normalized spacial score (nSPS) is 11.9. The predicted octanol–water partition coefficient (Wildman–Crippen LogP) is 5.63. The molecule has 0 aliphatic carbocycles. The van der Waals surface area contributed by atoms with Crippen molar-refractivity contribution in [2.45, 2.75) is 6.92 Å². The molecule has 2 N–H and O–H groups in total. The standard InChI is InChI=1S/C27H24N6OS/c1-19-25(28-17-20-13-15-23(34)16-14-20)26(33(32(19)2)22-11-7-4-8-12-22)30-31-27-29-24(18-35-27)21-9-5-3-6-10-21/h3-18,34H,1-2H3,(H,29,31)/b28-17?,30-26+. The van der Waals surface area contributed by atoms with Crippen LogP contribution in [0.25, 0.3) is 16.9 Å². The molecule has 5 rings (SSSR count). The van der Waals surface area contributed by atoms with Gasteiger partial charge < -0.3 is 5.11 Å². The van der Waals surface area contributed by atoms with Crippen molar-refractivity contribution >= 4 is 28.4 Å². The molecule has 0 saturated carbocycles. The number of anilines is 1. The first-order chi connectivity index (χ1) is 17.1. The SMILES string of the molecule is Cc1c(N=Cc2ccc(O)cc2)/c(=N\Nc2nc(-c3ccccc3)cs2)n(-c2ccccc2)n1C. The van der Waals surface area contributed by atoms with Crippen LogP contribution in [0.15, 0.2) is 100 Å². The Morgan fingerprint density at radius 2 is 1.63 bits per heavy atom. The van der Waals surface area contributed by atoms with Gasteiger partial charge in [0, 0.05) is 24.2 Å². The van der Waals surface area contributed by atoms with Crippen molar-refractivity contribution in [3.8, 4) is 22.7 Å². The summed E-state index contributed by atoms with van der Waals surface area (Å²) in [6.07, 6.45) is 1.77. The zero-order valence-corrected chi connectivity index (χ0v) is 20.1. The van der Waals surface area contributed by atoms with Crippen molar-refractivity contribution in [1.82, 2.24) is 14.3 Å². The molecule has 8 heteroatoms. The maximum atomic E-state index is 9.57. The Hall–Kier alpha value is -4.43. The summed E-state index contributed by atoms with van der Waals surface area (Å²) >= 11 is 1.50. The fourth-order valence-corrected chi connectivity index (χ4v) is 4.35. The minimum absolute atomic E-state index is 0.221. The first-order valence-electron chi connectivity index (χ1n) is 11.1. The molecule has 174 valence electrons. The number of benzene rings is 3. The smallest absolute Gasteiger partial charge is 0.203 e. The molecule has 2 heterocycles. The van der Waals surface area contributed by atoms with E-state index in [2.05, 4.69) is 5.43 Å². The average molecular weight is 481 g/mol. The number of phenolic OH excluding ortho intramolecular Hbond substituents is 1. The number of rotatable bonds is 6. The minimum Gasteiger partial charge on any atom is -0.508 e. The Bertz CT molecular complexity index is 1530. The van der Waals surface area contributed by atoms with E-state index >= 15 is 0 Å². The molecule has 0 saturated heterocycles. The lowest BCUT2D eigenvalue weighted by molar-refractivity contribution is 0.475. The predicted molar refractivity (Wildman–Crippen MR) is 142 cm³/mol. The van der Waals surface area contributed by atoms with Gasteiger partial charge in [0.1, 0.15) is 11.4 Å². The Morgan fingerprint density at radius 3 is 2.34 bits per heavy atom. The van der Waals surface area contributed by atoms with Crippen LogP contribution in [0.4, 0.5) is 10.8 Å².